The van der Waals surface area contributed by atoms with E-state index in [1.165, 1.54) is 6.42 Å². The van der Waals surface area contributed by atoms with Gasteiger partial charge in [0.2, 0.25) is 5.89 Å². The highest BCUT2D eigenvalue weighted by atomic mass is 19.4. The van der Waals surface area contributed by atoms with Crippen LogP contribution in [0.3, 0.4) is 0 Å². The number of aryl methyl sites for hydroxylation is 2. The minimum Gasteiger partial charge on any atom is -0.444 e. The summed E-state index contributed by atoms with van der Waals surface area (Å²) in [5.41, 5.74) is 0.183. The molecule has 146 valence electrons. The number of oxazole rings is 1. The van der Waals surface area contributed by atoms with Crippen LogP contribution in [0.15, 0.2) is 16.8 Å². The third-order valence-electron chi connectivity index (χ3n) is 5.15. The number of rotatable bonds is 4. The highest BCUT2D eigenvalue weighted by Crippen LogP contribution is 2.29. The first-order valence-electron chi connectivity index (χ1n) is 9.33. The summed E-state index contributed by atoms with van der Waals surface area (Å²) in [5.74, 6) is 2.03. The number of aromatic nitrogens is 3. The second-order valence-electron chi connectivity index (χ2n) is 7.17. The molecule has 0 atom stereocenters. The number of halogens is 3. The first kappa shape index (κ1) is 18.2. The Morgan fingerprint density at radius 3 is 2.67 bits per heavy atom. The smallest absolute Gasteiger partial charge is 0.433 e. The maximum Gasteiger partial charge on any atom is 0.433 e. The van der Waals surface area contributed by atoms with E-state index in [4.69, 9.17) is 4.42 Å². The van der Waals surface area contributed by atoms with E-state index in [-0.39, 0.29) is 11.9 Å². The lowest BCUT2D eigenvalue weighted by molar-refractivity contribution is -0.141. The van der Waals surface area contributed by atoms with Gasteiger partial charge in [-0.15, -0.1) is 0 Å². The zero-order valence-corrected chi connectivity index (χ0v) is 14.9. The number of piperidine rings is 1. The minimum atomic E-state index is -4.46. The highest BCUT2D eigenvalue weighted by molar-refractivity contribution is 5.36. The van der Waals surface area contributed by atoms with Crippen LogP contribution < -0.4 is 5.32 Å². The molecule has 0 aromatic carbocycles. The molecule has 0 radical (unpaired) electrons. The van der Waals surface area contributed by atoms with Gasteiger partial charge >= 0.3 is 6.18 Å². The number of hydrogen-bond donors (Lipinski definition) is 1. The summed E-state index contributed by atoms with van der Waals surface area (Å²) in [6, 6.07) is 1.05. The van der Waals surface area contributed by atoms with Gasteiger partial charge in [0.15, 0.2) is 0 Å². The van der Waals surface area contributed by atoms with E-state index in [0.717, 1.165) is 74.9 Å². The second kappa shape index (κ2) is 7.46. The topological polar surface area (TPSA) is 67.1 Å². The van der Waals surface area contributed by atoms with E-state index in [9.17, 15) is 13.2 Å². The molecule has 1 N–H and O–H groups in total. The van der Waals surface area contributed by atoms with Gasteiger partial charge in [0.25, 0.3) is 0 Å². The van der Waals surface area contributed by atoms with E-state index in [2.05, 4.69) is 25.2 Å². The molecule has 27 heavy (non-hydrogen) atoms. The van der Waals surface area contributed by atoms with Crippen LogP contribution in [-0.2, 0) is 25.6 Å². The molecule has 1 saturated heterocycles. The fraction of sp³-hybridized carbons (Fsp3) is 0.611. The third-order valence-corrected chi connectivity index (χ3v) is 5.15. The molecule has 0 bridgehead atoms. The third kappa shape index (κ3) is 4.40. The van der Waals surface area contributed by atoms with Crippen LogP contribution in [0.2, 0.25) is 0 Å². The van der Waals surface area contributed by atoms with Crippen molar-refractivity contribution in [3.8, 4) is 0 Å². The molecule has 0 unspecified atom stereocenters. The number of nitrogens with zero attached hydrogens (tertiary/aromatic N) is 4. The van der Waals surface area contributed by atoms with Gasteiger partial charge in [-0.05, 0) is 32.1 Å². The Balaban J connectivity index is 1.30. The summed E-state index contributed by atoms with van der Waals surface area (Å²) in [6.07, 6.45) is 2.46. The van der Waals surface area contributed by atoms with Gasteiger partial charge in [0, 0.05) is 31.6 Å². The van der Waals surface area contributed by atoms with Gasteiger partial charge in [0.05, 0.1) is 12.2 Å². The van der Waals surface area contributed by atoms with Crippen LogP contribution in [-0.4, -0.2) is 39.0 Å². The second-order valence-corrected chi connectivity index (χ2v) is 7.17. The van der Waals surface area contributed by atoms with Gasteiger partial charge < -0.3 is 9.73 Å². The zero-order chi connectivity index (χ0) is 18.9. The Morgan fingerprint density at radius 2 is 1.93 bits per heavy atom. The van der Waals surface area contributed by atoms with E-state index in [0.29, 0.717) is 6.54 Å². The average molecular weight is 381 g/mol. The normalized spacial score (nSPS) is 19.1. The van der Waals surface area contributed by atoms with Crippen LogP contribution >= 0.6 is 0 Å². The number of anilines is 1. The van der Waals surface area contributed by atoms with Gasteiger partial charge in [-0.25, -0.2) is 15.0 Å². The molecule has 0 spiro atoms. The van der Waals surface area contributed by atoms with Crippen LogP contribution in [0.25, 0.3) is 0 Å². The van der Waals surface area contributed by atoms with Crippen molar-refractivity contribution in [2.24, 2.45) is 0 Å². The van der Waals surface area contributed by atoms with Crippen molar-refractivity contribution in [1.82, 2.24) is 19.9 Å². The Hall–Kier alpha value is -2.16. The summed E-state index contributed by atoms with van der Waals surface area (Å²) in [5, 5.41) is 3.10. The van der Waals surface area contributed by atoms with E-state index < -0.39 is 11.9 Å². The lowest BCUT2D eigenvalue weighted by Gasteiger charge is -2.31. The van der Waals surface area contributed by atoms with Crippen LogP contribution in [0, 0.1) is 0 Å². The van der Waals surface area contributed by atoms with Gasteiger partial charge in [0.1, 0.15) is 23.6 Å². The van der Waals surface area contributed by atoms with Crippen molar-refractivity contribution < 1.29 is 17.6 Å². The summed E-state index contributed by atoms with van der Waals surface area (Å²) >= 11 is 0. The highest BCUT2D eigenvalue weighted by Gasteiger charge is 2.33. The number of hydrogen-bond acceptors (Lipinski definition) is 6. The molecule has 4 rings (SSSR count). The number of fused-ring (bicyclic) bond motifs is 1. The number of alkyl halides is 3. The standard InChI is InChI=1S/C18H22F3N5O/c19-18(20,21)15-9-16(23-11-22-15)24-12-5-7-26(8-6-12)10-17-25-13-3-1-2-4-14(13)27-17/h9,11-12H,1-8,10H2,(H,22,23,24). The molecular weight excluding hydrogens is 359 g/mol. The first-order valence-corrected chi connectivity index (χ1v) is 9.33. The van der Waals surface area contributed by atoms with Crippen molar-refractivity contribution in [3.63, 3.8) is 0 Å². The number of likely N-dealkylation sites (tertiary alicyclic amines) is 1. The van der Waals surface area contributed by atoms with Crippen LogP contribution in [0.5, 0.6) is 0 Å². The molecule has 2 aliphatic rings. The molecule has 1 fully saturated rings. The molecule has 0 saturated carbocycles. The van der Waals surface area contributed by atoms with Crippen LogP contribution in [0.4, 0.5) is 19.0 Å². The van der Waals surface area contributed by atoms with E-state index >= 15 is 0 Å². The summed E-state index contributed by atoms with van der Waals surface area (Å²) < 4.78 is 44.1. The van der Waals surface area contributed by atoms with E-state index in [1.807, 2.05) is 0 Å². The van der Waals surface area contributed by atoms with Crippen molar-refractivity contribution in [3.05, 3.63) is 35.4 Å². The Labute approximate surface area is 155 Å². The zero-order valence-electron chi connectivity index (χ0n) is 14.9. The largest absolute Gasteiger partial charge is 0.444 e. The molecule has 9 heteroatoms. The van der Waals surface area contributed by atoms with Crippen molar-refractivity contribution in [2.75, 3.05) is 18.4 Å². The quantitative estimate of drug-likeness (QED) is 0.875. The lowest BCUT2D eigenvalue weighted by Crippen LogP contribution is -2.38. The van der Waals surface area contributed by atoms with Crippen molar-refractivity contribution >= 4 is 5.82 Å². The fourth-order valence-electron chi connectivity index (χ4n) is 3.70. The van der Waals surface area contributed by atoms with Gasteiger partial charge in [-0.3, -0.25) is 4.90 Å². The number of nitrogens with one attached hydrogen (secondary N) is 1. The molecule has 6 nitrogen and oxygen atoms in total. The fourth-order valence-corrected chi connectivity index (χ4v) is 3.70. The van der Waals surface area contributed by atoms with Crippen LogP contribution in [0.1, 0.15) is 48.7 Å². The average Bonchev–Trinajstić information content (AvgIpc) is 3.05. The molecule has 1 aliphatic heterocycles. The molecule has 2 aromatic rings. The first-order chi connectivity index (χ1) is 13.0. The Kier molecular flexibility index (Phi) is 5.03. The summed E-state index contributed by atoms with van der Waals surface area (Å²) in [6.45, 7) is 2.36. The Bertz CT molecular complexity index is 760. The predicted octanol–water partition coefficient (Wildman–Crippen LogP) is 3.44. The van der Waals surface area contributed by atoms with Crippen molar-refractivity contribution in [2.45, 2.75) is 57.3 Å². The minimum absolute atomic E-state index is 0.0926. The SMILES string of the molecule is FC(F)(F)c1cc(NC2CCN(Cc3nc4c(o3)CCCC4)CC2)ncn1. The maximum atomic E-state index is 12.8. The van der Waals surface area contributed by atoms with E-state index in [1.54, 1.807) is 0 Å². The Morgan fingerprint density at radius 1 is 1.15 bits per heavy atom. The van der Waals surface area contributed by atoms with Gasteiger partial charge in [-0.1, -0.05) is 0 Å². The predicted molar refractivity (Wildman–Crippen MR) is 92.1 cm³/mol. The summed E-state index contributed by atoms with van der Waals surface area (Å²) in [4.78, 5) is 14.1. The molecule has 1 aliphatic carbocycles. The maximum absolute atomic E-state index is 12.8. The lowest BCUT2D eigenvalue weighted by atomic mass is 10.0. The molecule has 0 amide bonds. The molecular formula is C18H22F3N5O. The molecule has 2 aromatic heterocycles. The molecule has 3 heterocycles. The summed E-state index contributed by atoms with van der Waals surface area (Å²) in [7, 11) is 0. The van der Waals surface area contributed by atoms with Gasteiger partial charge in [-0.2, -0.15) is 13.2 Å². The van der Waals surface area contributed by atoms with Crippen molar-refractivity contribution in [1.29, 1.82) is 0 Å². The monoisotopic (exact) mass is 381 g/mol.